The third-order valence-corrected chi connectivity index (χ3v) is 7.02. The number of rotatable bonds is 5. The van der Waals surface area contributed by atoms with Crippen LogP contribution in [0.4, 0.5) is 18.9 Å². The Hall–Kier alpha value is -1.78. The summed E-state index contributed by atoms with van der Waals surface area (Å²) in [5, 5.41) is 0. The van der Waals surface area contributed by atoms with Crippen molar-refractivity contribution in [2.24, 2.45) is 0 Å². The number of hydrogen-bond acceptors (Lipinski definition) is 4. The molecule has 0 bridgehead atoms. The van der Waals surface area contributed by atoms with E-state index in [0.717, 1.165) is 29.2 Å². The quantitative estimate of drug-likeness (QED) is 0.621. The minimum absolute atomic E-state index is 0.00562. The first-order valence-corrected chi connectivity index (χ1v) is 11.5. The third-order valence-electron chi connectivity index (χ3n) is 4.87. The number of likely N-dealkylation sites (N-methyl/N-ethyl adjacent to an activating group) is 1. The summed E-state index contributed by atoms with van der Waals surface area (Å²) in [6, 6.07) is 6.37. The van der Waals surface area contributed by atoms with E-state index in [1.54, 1.807) is 26.0 Å². The Labute approximate surface area is 182 Å². The number of benzene rings is 2. The van der Waals surface area contributed by atoms with Crippen molar-refractivity contribution in [1.82, 2.24) is 4.90 Å². The molecule has 5 nitrogen and oxygen atoms in total. The van der Waals surface area contributed by atoms with Crippen LogP contribution >= 0.6 is 15.9 Å². The molecule has 1 aliphatic rings. The van der Waals surface area contributed by atoms with Crippen molar-refractivity contribution >= 4 is 31.6 Å². The summed E-state index contributed by atoms with van der Waals surface area (Å²) in [7, 11) is -2.15. The Bertz CT molecular complexity index is 1030. The van der Waals surface area contributed by atoms with Crippen LogP contribution in [-0.2, 0) is 16.2 Å². The number of aryl methyl sites for hydroxylation is 2. The molecule has 0 aromatic heterocycles. The van der Waals surface area contributed by atoms with Crippen LogP contribution in [0.15, 0.2) is 39.7 Å². The van der Waals surface area contributed by atoms with Crippen LogP contribution in [0.25, 0.3) is 0 Å². The standard InChI is InChI=1S/C20H22BrF3N2O3S/c1-12-8-14(21)9-13(2)19(12)30(27,28)25-15-4-5-17(20(22,23)24)18(10-15)29-16-6-7-26(3)11-16/h4-5,8-10,16,25H,6-7,11H2,1-3H3/t16-/m1/s1. The van der Waals surface area contributed by atoms with Gasteiger partial charge in [-0.05, 0) is 62.7 Å². The fourth-order valence-electron chi connectivity index (χ4n) is 3.62. The predicted octanol–water partition coefficient (Wildman–Crippen LogP) is 4.97. The van der Waals surface area contributed by atoms with E-state index in [-0.39, 0.29) is 22.4 Å². The second-order valence-corrected chi connectivity index (χ2v) is 10.0. The van der Waals surface area contributed by atoms with Crippen molar-refractivity contribution in [2.45, 2.75) is 37.4 Å². The molecule has 1 heterocycles. The van der Waals surface area contributed by atoms with Crippen molar-refractivity contribution in [3.05, 3.63) is 51.5 Å². The van der Waals surface area contributed by atoms with Crippen LogP contribution < -0.4 is 9.46 Å². The molecule has 1 fully saturated rings. The van der Waals surface area contributed by atoms with Gasteiger partial charge in [0.15, 0.2) is 0 Å². The third kappa shape index (κ3) is 5.09. The first kappa shape index (κ1) is 22.9. The fourth-order valence-corrected chi connectivity index (χ4v) is 5.81. The summed E-state index contributed by atoms with van der Waals surface area (Å²) >= 11 is 3.32. The zero-order valence-corrected chi connectivity index (χ0v) is 19.1. The molecular weight excluding hydrogens is 485 g/mol. The molecule has 1 saturated heterocycles. The van der Waals surface area contributed by atoms with E-state index < -0.39 is 21.8 Å². The van der Waals surface area contributed by atoms with E-state index >= 15 is 0 Å². The van der Waals surface area contributed by atoms with Gasteiger partial charge in [0.05, 0.1) is 16.1 Å². The highest BCUT2D eigenvalue weighted by molar-refractivity contribution is 9.10. The van der Waals surface area contributed by atoms with Crippen molar-refractivity contribution in [3.63, 3.8) is 0 Å². The monoisotopic (exact) mass is 506 g/mol. The van der Waals surface area contributed by atoms with Gasteiger partial charge in [0.1, 0.15) is 11.9 Å². The van der Waals surface area contributed by atoms with Crippen LogP contribution in [0.2, 0.25) is 0 Å². The average Bonchev–Trinajstić information content (AvgIpc) is 2.97. The van der Waals surface area contributed by atoms with Gasteiger partial charge < -0.3 is 9.64 Å². The smallest absolute Gasteiger partial charge is 0.419 e. The van der Waals surface area contributed by atoms with Crippen LogP contribution in [-0.4, -0.2) is 39.6 Å². The second kappa shape index (κ2) is 8.39. The lowest BCUT2D eigenvalue weighted by Gasteiger charge is -2.20. The van der Waals surface area contributed by atoms with Gasteiger partial charge in [-0.15, -0.1) is 0 Å². The molecule has 0 radical (unpaired) electrons. The number of hydrogen-bond donors (Lipinski definition) is 1. The number of nitrogens with zero attached hydrogens (tertiary/aromatic N) is 1. The molecule has 0 spiro atoms. The maximum absolute atomic E-state index is 13.4. The molecule has 3 rings (SSSR count). The molecule has 2 aromatic rings. The zero-order chi connectivity index (χ0) is 22.3. The minimum atomic E-state index is -4.61. The minimum Gasteiger partial charge on any atom is -0.488 e. The number of sulfonamides is 1. The van der Waals surface area contributed by atoms with Crippen LogP contribution in [0.5, 0.6) is 5.75 Å². The molecule has 1 aliphatic heterocycles. The van der Waals surface area contributed by atoms with E-state index in [9.17, 15) is 21.6 Å². The summed E-state index contributed by atoms with van der Waals surface area (Å²) < 4.78 is 75.0. The Balaban J connectivity index is 1.95. The van der Waals surface area contributed by atoms with E-state index in [2.05, 4.69) is 20.7 Å². The van der Waals surface area contributed by atoms with Crippen molar-refractivity contribution in [2.75, 3.05) is 24.9 Å². The molecule has 1 N–H and O–H groups in total. The molecule has 0 saturated carbocycles. The van der Waals surface area contributed by atoms with Gasteiger partial charge in [0, 0.05) is 23.6 Å². The van der Waals surface area contributed by atoms with Gasteiger partial charge >= 0.3 is 6.18 Å². The average molecular weight is 507 g/mol. The maximum Gasteiger partial charge on any atom is 0.419 e. The summed E-state index contributed by atoms with van der Waals surface area (Å²) in [6.45, 7) is 4.54. The lowest BCUT2D eigenvalue weighted by Crippen LogP contribution is -2.23. The normalized spacial score (nSPS) is 17.9. The number of likely N-dealkylation sites (tertiary alicyclic amines) is 1. The van der Waals surface area contributed by atoms with Crippen LogP contribution in [0.3, 0.4) is 0 Å². The zero-order valence-electron chi connectivity index (χ0n) is 16.7. The van der Waals surface area contributed by atoms with Gasteiger partial charge in [0.2, 0.25) is 0 Å². The highest BCUT2D eigenvalue weighted by Crippen LogP contribution is 2.39. The van der Waals surface area contributed by atoms with E-state index in [0.29, 0.717) is 24.1 Å². The number of alkyl halides is 3. The van der Waals surface area contributed by atoms with Gasteiger partial charge in [0.25, 0.3) is 10.0 Å². The predicted molar refractivity (Wildman–Crippen MR) is 112 cm³/mol. The molecule has 0 aliphatic carbocycles. The van der Waals surface area contributed by atoms with Crippen molar-refractivity contribution in [1.29, 1.82) is 0 Å². The summed E-state index contributed by atoms with van der Waals surface area (Å²) in [5.41, 5.74) is 0.112. The molecule has 0 amide bonds. The molecule has 0 unspecified atom stereocenters. The van der Waals surface area contributed by atoms with Crippen molar-refractivity contribution in [3.8, 4) is 5.75 Å². The Kier molecular flexibility index (Phi) is 6.41. The number of anilines is 1. The number of ether oxygens (including phenoxy) is 1. The summed E-state index contributed by atoms with van der Waals surface area (Å²) in [5.74, 6) is -0.382. The Morgan fingerprint density at radius 2 is 1.80 bits per heavy atom. The largest absolute Gasteiger partial charge is 0.488 e. The number of nitrogens with one attached hydrogen (secondary N) is 1. The molecular formula is C20H22BrF3N2O3S. The first-order chi connectivity index (χ1) is 13.9. The van der Waals surface area contributed by atoms with Crippen molar-refractivity contribution < 1.29 is 26.3 Å². The van der Waals surface area contributed by atoms with Gasteiger partial charge in [-0.1, -0.05) is 15.9 Å². The number of halogens is 4. The van der Waals surface area contributed by atoms with Gasteiger partial charge in [-0.25, -0.2) is 8.42 Å². The molecule has 1 atom stereocenters. The highest BCUT2D eigenvalue weighted by Gasteiger charge is 2.36. The fraction of sp³-hybridized carbons (Fsp3) is 0.400. The lowest BCUT2D eigenvalue weighted by molar-refractivity contribution is -0.139. The Morgan fingerprint density at radius 1 is 1.17 bits per heavy atom. The molecule has 164 valence electrons. The van der Waals surface area contributed by atoms with Gasteiger partial charge in [-0.3, -0.25) is 4.72 Å². The first-order valence-electron chi connectivity index (χ1n) is 9.23. The SMILES string of the molecule is Cc1cc(Br)cc(C)c1S(=O)(=O)Nc1ccc(C(F)(F)F)c(O[C@@H]2CCN(C)C2)c1. The van der Waals surface area contributed by atoms with E-state index in [1.807, 2.05) is 11.9 Å². The van der Waals surface area contributed by atoms with Crippen LogP contribution in [0.1, 0.15) is 23.1 Å². The summed E-state index contributed by atoms with van der Waals surface area (Å²) in [4.78, 5) is 2.05. The highest BCUT2D eigenvalue weighted by atomic mass is 79.9. The topological polar surface area (TPSA) is 58.6 Å². The molecule has 30 heavy (non-hydrogen) atoms. The van der Waals surface area contributed by atoms with Gasteiger partial charge in [-0.2, -0.15) is 13.2 Å². The second-order valence-electron chi connectivity index (χ2n) is 7.47. The molecule has 10 heteroatoms. The van der Waals surface area contributed by atoms with Crippen LogP contribution in [0, 0.1) is 13.8 Å². The maximum atomic E-state index is 13.4. The Morgan fingerprint density at radius 3 is 2.33 bits per heavy atom. The molecule has 2 aromatic carbocycles. The summed E-state index contributed by atoms with van der Waals surface area (Å²) in [6.07, 6.45) is -4.41. The lowest BCUT2D eigenvalue weighted by atomic mass is 10.1. The van der Waals surface area contributed by atoms with E-state index in [1.165, 1.54) is 0 Å². The van der Waals surface area contributed by atoms with E-state index in [4.69, 9.17) is 4.74 Å².